The van der Waals surface area contributed by atoms with Crippen LogP contribution in [0, 0.1) is 0 Å². The van der Waals surface area contributed by atoms with Crippen LogP contribution < -0.4 is 0 Å². The molecule has 1 aliphatic rings. The summed E-state index contributed by atoms with van der Waals surface area (Å²) in [7, 11) is 3.90. The van der Waals surface area contributed by atoms with Gasteiger partial charge in [-0.1, -0.05) is 10.8 Å². The molecule has 0 spiro atoms. The smallest absolute Gasteiger partial charge is 0.0838 e. The van der Waals surface area contributed by atoms with Crippen molar-refractivity contribution in [3.63, 3.8) is 0 Å². The van der Waals surface area contributed by atoms with Crippen molar-refractivity contribution >= 4 is 37.1 Å². The van der Waals surface area contributed by atoms with Crippen LogP contribution in [0.1, 0.15) is 6.42 Å². The first-order valence-electron chi connectivity index (χ1n) is 2.13. The molecule has 0 saturated carbocycles. The van der Waals surface area contributed by atoms with Gasteiger partial charge in [-0.05, 0) is 10.8 Å². The summed E-state index contributed by atoms with van der Waals surface area (Å²) in [6.07, 6.45) is 3.46. The molecule has 1 heterocycles. The molecular formula is C4H7S3+. The number of hydrogen-bond donors (Lipinski definition) is 0. The standard InChI is InChI=1S/C4H7S3/c1-5-4-2-3-6-7-4/h2-3H2,1H3/q+1. The normalized spacial score (nSPS) is 26.7. The van der Waals surface area contributed by atoms with E-state index >= 15 is 0 Å². The monoisotopic (exact) mass is 151 g/mol. The molecule has 1 fully saturated rings. The molecule has 3 heteroatoms. The van der Waals surface area contributed by atoms with Crippen LogP contribution in [0.5, 0.6) is 0 Å². The van der Waals surface area contributed by atoms with Crippen molar-refractivity contribution < 1.29 is 0 Å². The van der Waals surface area contributed by atoms with E-state index in [0.29, 0.717) is 0 Å². The lowest BCUT2D eigenvalue weighted by molar-refractivity contribution is 1.39. The maximum absolute atomic E-state index is 2.15. The minimum atomic E-state index is 1.32. The van der Waals surface area contributed by atoms with Crippen LogP contribution in [0.2, 0.25) is 0 Å². The Morgan fingerprint density at radius 3 is 2.86 bits per heavy atom. The van der Waals surface area contributed by atoms with Gasteiger partial charge in [0.2, 0.25) is 4.20 Å². The molecule has 0 N–H and O–H groups in total. The molecule has 40 valence electrons. The molecule has 0 aromatic rings. The first kappa shape index (κ1) is 5.92. The predicted octanol–water partition coefficient (Wildman–Crippen LogP) is 1.61. The van der Waals surface area contributed by atoms with Crippen molar-refractivity contribution in [2.75, 3.05) is 12.0 Å². The zero-order valence-corrected chi connectivity index (χ0v) is 6.59. The average Bonchev–Trinajstić information content (AvgIpc) is 2.14. The highest BCUT2D eigenvalue weighted by Crippen LogP contribution is 2.32. The van der Waals surface area contributed by atoms with Crippen LogP contribution in [0.3, 0.4) is 0 Å². The molecule has 1 rings (SSSR count). The topological polar surface area (TPSA) is 0 Å². The highest BCUT2D eigenvalue weighted by molar-refractivity contribution is 8.84. The first-order valence-corrected chi connectivity index (χ1v) is 5.67. The summed E-state index contributed by atoms with van der Waals surface area (Å²) in [5.74, 6) is 1.32. The Morgan fingerprint density at radius 1 is 1.71 bits per heavy atom. The molecule has 0 aliphatic carbocycles. The maximum Gasteiger partial charge on any atom is 0.245 e. The maximum atomic E-state index is 2.15. The van der Waals surface area contributed by atoms with Gasteiger partial charge in [-0.2, -0.15) is 0 Å². The zero-order valence-electron chi connectivity index (χ0n) is 4.14. The van der Waals surface area contributed by atoms with Crippen molar-refractivity contribution in [2.24, 2.45) is 0 Å². The predicted molar refractivity (Wildman–Crippen MR) is 43.0 cm³/mol. The molecule has 0 atom stereocenters. The quantitative estimate of drug-likeness (QED) is 0.293. The third-order valence-corrected chi connectivity index (χ3v) is 4.83. The molecular weight excluding hydrogens is 144 g/mol. The van der Waals surface area contributed by atoms with Crippen molar-refractivity contribution in [3.05, 3.63) is 0 Å². The fraction of sp³-hybridized carbons (Fsp3) is 0.750. The van der Waals surface area contributed by atoms with Crippen molar-refractivity contribution in [3.8, 4) is 0 Å². The van der Waals surface area contributed by atoms with E-state index in [9.17, 15) is 0 Å². The van der Waals surface area contributed by atoms with Gasteiger partial charge in [-0.15, -0.1) is 0 Å². The van der Waals surface area contributed by atoms with Gasteiger partial charge in [0.25, 0.3) is 0 Å². The molecule has 0 nitrogen and oxygen atoms in total. The summed E-state index contributed by atoms with van der Waals surface area (Å²) in [5.41, 5.74) is 0. The molecule has 0 aromatic carbocycles. The highest BCUT2D eigenvalue weighted by Gasteiger charge is 2.15. The van der Waals surface area contributed by atoms with E-state index in [2.05, 4.69) is 6.26 Å². The molecule has 1 saturated heterocycles. The van der Waals surface area contributed by atoms with Gasteiger partial charge >= 0.3 is 0 Å². The Labute approximate surface area is 55.8 Å². The first-order chi connectivity index (χ1) is 3.43. The van der Waals surface area contributed by atoms with Crippen LogP contribution in [0.15, 0.2) is 0 Å². The lowest BCUT2D eigenvalue weighted by Gasteiger charge is -1.67. The molecule has 0 unspecified atom stereocenters. The molecule has 1 aliphatic heterocycles. The molecule has 0 bridgehead atoms. The summed E-state index contributed by atoms with van der Waals surface area (Å²) in [6, 6.07) is 0. The summed E-state index contributed by atoms with van der Waals surface area (Å²) < 4.78 is 1.59. The Bertz CT molecular complexity index is 78.9. The third-order valence-electron chi connectivity index (χ3n) is 0.769. The van der Waals surface area contributed by atoms with Crippen molar-refractivity contribution in [2.45, 2.75) is 6.42 Å². The molecule has 7 heavy (non-hydrogen) atoms. The number of rotatable bonds is 0. The molecule has 0 radical (unpaired) electrons. The van der Waals surface area contributed by atoms with Crippen LogP contribution in [0.25, 0.3) is 0 Å². The Hall–Kier alpha value is 0.790. The van der Waals surface area contributed by atoms with Crippen LogP contribution in [0.4, 0.5) is 0 Å². The second kappa shape index (κ2) is 2.95. The van der Waals surface area contributed by atoms with Gasteiger partial charge in [0.1, 0.15) is 0 Å². The van der Waals surface area contributed by atoms with Gasteiger partial charge < -0.3 is 0 Å². The van der Waals surface area contributed by atoms with Crippen LogP contribution in [-0.2, 0) is 11.4 Å². The summed E-state index contributed by atoms with van der Waals surface area (Å²) >= 11 is 1.89. The van der Waals surface area contributed by atoms with Gasteiger partial charge in [0.05, 0.1) is 0 Å². The van der Waals surface area contributed by atoms with Gasteiger partial charge in [0, 0.05) is 12.2 Å². The zero-order chi connectivity index (χ0) is 5.11. The van der Waals surface area contributed by atoms with E-state index in [1.165, 1.54) is 12.2 Å². The second-order valence-electron chi connectivity index (χ2n) is 1.23. The summed E-state index contributed by atoms with van der Waals surface area (Å²) in [4.78, 5) is 0. The Kier molecular flexibility index (Phi) is 2.49. The molecule has 0 amide bonds. The fourth-order valence-corrected chi connectivity index (χ4v) is 4.12. The Balaban J connectivity index is 2.41. The largest absolute Gasteiger partial charge is 0.245 e. The number of hydrogen-bond acceptors (Lipinski definition) is 2. The van der Waals surface area contributed by atoms with Crippen molar-refractivity contribution in [1.29, 1.82) is 0 Å². The second-order valence-corrected chi connectivity index (χ2v) is 4.90. The van der Waals surface area contributed by atoms with E-state index < -0.39 is 0 Å². The average molecular weight is 151 g/mol. The SMILES string of the molecule is C[S+]=C1CCSS1. The molecule has 0 aromatic heterocycles. The van der Waals surface area contributed by atoms with Gasteiger partial charge in [-0.25, -0.2) is 0 Å². The Morgan fingerprint density at radius 2 is 2.57 bits per heavy atom. The van der Waals surface area contributed by atoms with Crippen molar-refractivity contribution in [1.82, 2.24) is 0 Å². The minimum absolute atomic E-state index is 1.32. The van der Waals surface area contributed by atoms with Gasteiger partial charge in [-0.3, -0.25) is 0 Å². The highest BCUT2D eigenvalue weighted by atomic mass is 33.1. The lowest BCUT2D eigenvalue weighted by atomic mass is 10.6. The van der Waals surface area contributed by atoms with Crippen LogP contribution >= 0.6 is 21.6 Å². The fourth-order valence-electron chi connectivity index (χ4n) is 0.410. The minimum Gasteiger partial charge on any atom is -0.0838 e. The summed E-state index contributed by atoms with van der Waals surface area (Å²) in [5, 5.41) is 0. The third kappa shape index (κ3) is 1.63. The summed E-state index contributed by atoms with van der Waals surface area (Å²) in [6.45, 7) is 0. The van der Waals surface area contributed by atoms with E-state index in [0.717, 1.165) is 0 Å². The lowest BCUT2D eigenvalue weighted by Crippen LogP contribution is -1.83. The van der Waals surface area contributed by atoms with Gasteiger partial charge in [0.15, 0.2) is 17.6 Å². The van der Waals surface area contributed by atoms with E-state index in [4.69, 9.17) is 0 Å². The van der Waals surface area contributed by atoms with Crippen LogP contribution in [-0.4, -0.2) is 16.2 Å². The van der Waals surface area contributed by atoms with E-state index in [-0.39, 0.29) is 0 Å². The van der Waals surface area contributed by atoms with E-state index in [1.54, 1.807) is 4.20 Å². The van der Waals surface area contributed by atoms with E-state index in [1.807, 2.05) is 32.9 Å².